The Morgan fingerprint density at radius 2 is 1.97 bits per heavy atom. The van der Waals surface area contributed by atoms with E-state index in [1.165, 1.54) is 18.6 Å². The SMILES string of the molecule is CCOCCCN(CCC(=O)N1CCC(n2c(=O)[nH]c3ccccc32)CC1)C(=O)c1cnccn1. The number of para-hydroxylation sites is 2. The van der Waals surface area contributed by atoms with Gasteiger partial charge in [0, 0.05) is 64.2 Å². The highest BCUT2D eigenvalue weighted by Gasteiger charge is 2.27. The molecular weight excluding hydrogens is 448 g/mol. The summed E-state index contributed by atoms with van der Waals surface area (Å²) < 4.78 is 7.21. The minimum absolute atomic E-state index is 0.0106. The van der Waals surface area contributed by atoms with Crippen molar-refractivity contribution in [3.63, 3.8) is 0 Å². The van der Waals surface area contributed by atoms with Gasteiger partial charge in [-0.15, -0.1) is 0 Å². The molecule has 1 fully saturated rings. The van der Waals surface area contributed by atoms with E-state index in [1.54, 1.807) is 4.90 Å². The van der Waals surface area contributed by atoms with Crippen molar-refractivity contribution in [3.8, 4) is 0 Å². The molecule has 2 amide bonds. The number of hydrogen-bond acceptors (Lipinski definition) is 6. The Bertz CT molecular complexity index is 1180. The fraction of sp³-hybridized carbons (Fsp3) is 0.480. The molecule has 1 aromatic carbocycles. The summed E-state index contributed by atoms with van der Waals surface area (Å²) in [5, 5.41) is 0. The standard InChI is InChI=1S/C25H32N6O4/c1-2-35-17-5-13-30(24(33)21-18-26-11-12-27-21)16-10-23(32)29-14-8-19(9-15-29)31-22-7-4-3-6-20(22)28-25(31)34/h3-4,6-7,11-12,18-19H,2,5,8-10,13-17H2,1H3,(H,28,34). The largest absolute Gasteiger partial charge is 0.382 e. The second kappa shape index (κ2) is 11.7. The van der Waals surface area contributed by atoms with Crippen LogP contribution in [-0.4, -0.2) is 80.5 Å². The molecule has 1 saturated heterocycles. The number of imidazole rings is 1. The Balaban J connectivity index is 1.33. The van der Waals surface area contributed by atoms with Gasteiger partial charge in [-0.05, 0) is 38.3 Å². The van der Waals surface area contributed by atoms with Crippen LogP contribution in [0.2, 0.25) is 0 Å². The minimum Gasteiger partial charge on any atom is -0.382 e. The van der Waals surface area contributed by atoms with Crippen LogP contribution >= 0.6 is 0 Å². The number of carbonyl (C=O) groups excluding carboxylic acids is 2. The highest BCUT2D eigenvalue weighted by molar-refractivity contribution is 5.92. The Kier molecular flexibility index (Phi) is 8.25. The number of ether oxygens (including phenoxy) is 1. The van der Waals surface area contributed by atoms with Gasteiger partial charge in [0.05, 0.1) is 17.2 Å². The Morgan fingerprint density at radius 1 is 1.17 bits per heavy atom. The van der Waals surface area contributed by atoms with Gasteiger partial charge >= 0.3 is 5.69 Å². The van der Waals surface area contributed by atoms with Gasteiger partial charge in [0.15, 0.2) is 0 Å². The van der Waals surface area contributed by atoms with Crippen molar-refractivity contribution >= 4 is 22.8 Å². The molecule has 0 bridgehead atoms. The monoisotopic (exact) mass is 480 g/mol. The smallest absolute Gasteiger partial charge is 0.326 e. The summed E-state index contributed by atoms with van der Waals surface area (Å²) in [6, 6.07) is 7.72. The van der Waals surface area contributed by atoms with Crippen molar-refractivity contribution in [1.82, 2.24) is 29.3 Å². The molecule has 3 aromatic rings. The molecule has 10 nitrogen and oxygen atoms in total. The first-order chi connectivity index (χ1) is 17.1. The number of carbonyl (C=O) groups is 2. The molecule has 0 aliphatic carbocycles. The van der Waals surface area contributed by atoms with Crippen molar-refractivity contribution in [1.29, 1.82) is 0 Å². The summed E-state index contributed by atoms with van der Waals surface area (Å²) in [7, 11) is 0. The van der Waals surface area contributed by atoms with E-state index >= 15 is 0 Å². The molecule has 1 N–H and O–H groups in total. The number of fused-ring (bicyclic) bond motifs is 1. The second-order valence-corrected chi connectivity index (χ2v) is 8.61. The van der Waals surface area contributed by atoms with E-state index in [0.717, 1.165) is 11.0 Å². The summed E-state index contributed by atoms with van der Waals surface area (Å²) >= 11 is 0. The van der Waals surface area contributed by atoms with Crippen LogP contribution < -0.4 is 5.69 Å². The molecule has 1 aliphatic rings. The van der Waals surface area contributed by atoms with E-state index in [4.69, 9.17) is 4.74 Å². The van der Waals surface area contributed by atoms with Gasteiger partial charge in [-0.25, -0.2) is 9.78 Å². The third-order valence-electron chi connectivity index (χ3n) is 6.39. The molecule has 1 aliphatic heterocycles. The zero-order valence-electron chi connectivity index (χ0n) is 20.1. The van der Waals surface area contributed by atoms with Gasteiger partial charge in [0.1, 0.15) is 5.69 Å². The van der Waals surface area contributed by atoms with Crippen molar-refractivity contribution in [3.05, 3.63) is 59.0 Å². The zero-order chi connectivity index (χ0) is 24.6. The summed E-state index contributed by atoms with van der Waals surface area (Å²) in [6.45, 7) is 5.05. The molecular formula is C25H32N6O4. The van der Waals surface area contributed by atoms with E-state index in [2.05, 4.69) is 15.0 Å². The van der Waals surface area contributed by atoms with Gasteiger partial charge in [-0.2, -0.15) is 0 Å². The number of likely N-dealkylation sites (tertiary alicyclic amines) is 1. The molecule has 3 heterocycles. The van der Waals surface area contributed by atoms with Crippen molar-refractivity contribution < 1.29 is 14.3 Å². The van der Waals surface area contributed by atoms with Crippen molar-refractivity contribution in [2.24, 2.45) is 0 Å². The second-order valence-electron chi connectivity index (χ2n) is 8.61. The number of H-pyrrole nitrogens is 1. The van der Waals surface area contributed by atoms with Crippen molar-refractivity contribution in [2.45, 2.75) is 38.6 Å². The van der Waals surface area contributed by atoms with E-state index in [0.29, 0.717) is 58.7 Å². The lowest BCUT2D eigenvalue weighted by molar-refractivity contribution is -0.132. The van der Waals surface area contributed by atoms with Crippen LogP contribution in [0.1, 0.15) is 49.1 Å². The van der Waals surface area contributed by atoms with E-state index in [-0.39, 0.29) is 35.7 Å². The number of piperidine rings is 1. The number of nitrogens with zero attached hydrogens (tertiary/aromatic N) is 5. The first kappa shape index (κ1) is 24.6. The number of amides is 2. The molecule has 186 valence electrons. The number of nitrogens with one attached hydrogen (secondary N) is 1. The van der Waals surface area contributed by atoms with E-state index < -0.39 is 0 Å². The lowest BCUT2D eigenvalue weighted by Gasteiger charge is -2.33. The highest BCUT2D eigenvalue weighted by Crippen LogP contribution is 2.25. The minimum atomic E-state index is -0.236. The molecule has 4 rings (SSSR count). The van der Waals surface area contributed by atoms with Crippen LogP contribution in [-0.2, 0) is 9.53 Å². The molecule has 2 aromatic heterocycles. The first-order valence-corrected chi connectivity index (χ1v) is 12.2. The van der Waals surface area contributed by atoms with Crippen LogP contribution in [0.5, 0.6) is 0 Å². The van der Waals surface area contributed by atoms with Crippen LogP contribution in [0.3, 0.4) is 0 Å². The summed E-state index contributed by atoms with van der Waals surface area (Å²) in [4.78, 5) is 52.9. The maximum Gasteiger partial charge on any atom is 0.326 e. The molecule has 0 radical (unpaired) electrons. The van der Waals surface area contributed by atoms with Crippen LogP contribution in [0.25, 0.3) is 11.0 Å². The average Bonchev–Trinajstić information content (AvgIpc) is 3.24. The Hall–Kier alpha value is -3.53. The topological polar surface area (TPSA) is 113 Å². The number of benzene rings is 1. The molecule has 0 spiro atoms. The molecule has 0 saturated carbocycles. The van der Waals surface area contributed by atoms with Gasteiger partial charge < -0.3 is 19.5 Å². The number of rotatable bonds is 10. The maximum absolute atomic E-state index is 13.0. The Labute approximate surface area is 203 Å². The quantitative estimate of drug-likeness (QED) is 0.445. The van der Waals surface area contributed by atoms with Crippen molar-refractivity contribution in [2.75, 3.05) is 39.4 Å². The Morgan fingerprint density at radius 3 is 2.71 bits per heavy atom. The fourth-order valence-electron chi connectivity index (χ4n) is 4.59. The predicted octanol–water partition coefficient (Wildman–Crippen LogP) is 2.24. The lowest BCUT2D eigenvalue weighted by Crippen LogP contribution is -2.42. The fourth-order valence-corrected chi connectivity index (χ4v) is 4.59. The maximum atomic E-state index is 13.0. The third-order valence-corrected chi connectivity index (χ3v) is 6.39. The first-order valence-electron chi connectivity index (χ1n) is 12.2. The van der Waals surface area contributed by atoms with Crippen LogP contribution in [0.15, 0.2) is 47.7 Å². The molecule has 0 atom stereocenters. The van der Waals surface area contributed by atoms with Crippen LogP contribution in [0.4, 0.5) is 0 Å². The molecule has 10 heteroatoms. The molecule has 0 unspecified atom stereocenters. The number of aromatic nitrogens is 4. The van der Waals surface area contributed by atoms with E-state index in [1.807, 2.05) is 40.7 Å². The highest BCUT2D eigenvalue weighted by atomic mass is 16.5. The van der Waals surface area contributed by atoms with Gasteiger partial charge in [0.2, 0.25) is 5.91 Å². The van der Waals surface area contributed by atoms with Gasteiger partial charge in [0.25, 0.3) is 5.91 Å². The summed E-state index contributed by atoms with van der Waals surface area (Å²) in [6.07, 6.45) is 6.79. The lowest BCUT2D eigenvalue weighted by atomic mass is 10.0. The normalized spacial score (nSPS) is 14.4. The average molecular weight is 481 g/mol. The van der Waals surface area contributed by atoms with Gasteiger partial charge in [-0.3, -0.25) is 19.1 Å². The number of hydrogen-bond donors (Lipinski definition) is 1. The third kappa shape index (κ3) is 5.94. The molecule has 35 heavy (non-hydrogen) atoms. The zero-order valence-corrected chi connectivity index (χ0v) is 20.1. The predicted molar refractivity (Wildman–Crippen MR) is 131 cm³/mol. The van der Waals surface area contributed by atoms with Crippen LogP contribution in [0, 0.1) is 0 Å². The van der Waals surface area contributed by atoms with E-state index in [9.17, 15) is 14.4 Å². The van der Waals surface area contributed by atoms with Gasteiger partial charge in [-0.1, -0.05) is 12.1 Å². The summed E-state index contributed by atoms with van der Waals surface area (Å²) in [5.74, 6) is -0.226. The summed E-state index contributed by atoms with van der Waals surface area (Å²) in [5.41, 5.74) is 1.88. The number of aromatic amines is 1.